The van der Waals surface area contributed by atoms with Gasteiger partial charge in [0, 0.05) is 19.5 Å². The standard InChI is InChI=1S/C11H17F3N2O3/c12-11(13,14)7-15-5-9(17)16-3-1-2-8(6-16)4-10(18)19/h8,15H,1-7H2,(H,18,19). The van der Waals surface area contributed by atoms with Crippen LogP contribution in [0.3, 0.4) is 0 Å². The number of alkyl halides is 3. The maximum absolute atomic E-state index is 11.9. The molecule has 1 rings (SSSR count). The number of amides is 1. The zero-order valence-corrected chi connectivity index (χ0v) is 10.4. The minimum Gasteiger partial charge on any atom is -0.481 e. The second-order valence-electron chi connectivity index (χ2n) is 4.66. The van der Waals surface area contributed by atoms with Crippen LogP contribution in [0.15, 0.2) is 0 Å². The first-order chi connectivity index (χ1) is 8.78. The average molecular weight is 282 g/mol. The number of hydrogen-bond acceptors (Lipinski definition) is 3. The zero-order valence-electron chi connectivity index (χ0n) is 10.4. The van der Waals surface area contributed by atoms with Gasteiger partial charge in [-0.05, 0) is 18.8 Å². The summed E-state index contributed by atoms with van der Waals surface area (Å²) in [6, 6.07) is 0. The van der Waals surface area contributed by atoms with Gasteiger partial charge in [0.2, 0.25) is 5.91 Å². The summed E-state index contributed by atoms with van der Waals surface area (Å²) in [6.45, 7) is -0.800. The molecule has 0 spiro atoms. The number of nitrogens with zero attached hydrogens (tertiary/aromatic N) is 1. The fourth-order valence-corrected chi connectivity index (χ4v) is 2.13. The number of aliphatic carboxylic acids is 1. The van der Waals surface area contributed by atoms with Crippen LogP contribution in [0.4, 0.5) is 13.2 Å². The Kier molecular flexibility index (Phi) is 5.59. The van der Waals surface area contributed by atoms with Crippen molar-refractivity contribution in [2.45, 2.75) is 25.4 Å². The molecule has 110 valence electrons. The Hall–Kier alpha value is -1.31. The largest absolute Gasteiger partial charge is 0.481 e. The molecule has 1 aliphatic heterocycles. The second-order valence-corrected chi connectivity index (χ2v) is 4.66. The van der Waals surface area contributed by atoms with E-state index in [1.165, 1.54) is 4.90 Å². The van der Waals surface area contributed by atoms with Crippen molar-refractivity contribution in [1.29, 1.82) is 0 Å². The number of halogens is 3. The van der Waals surface area contributed by atoms with Crippen LogP contribution in [0.1, 0.15) is 19.3 Å². The Bertz CT molecular complexity index is 334. The second kappa shape index (κ2) is 6.74. The van der Waals surface area contributed by atoms with Crippen LogP contribution in [0, 0.1) is 5.92 Å². The molecule has 0 aliphatic carbocycles. The molecule has 1 aliphatic rings. The molecule has 8 heteroatoms. The van der Waals surface area contributed by atoms with E-state index in [0.29, 0.717) is 19.5 Å². The SMILES string of the molecule is O=C(O)CC1CCCN(C(=O)CNCC(F)(F)F)C1. The van der Waals surface area contributed by atoms with Gasteiger partial charge in [0.1, 0.15) is 0 Å². The molecular formula is C11H17F3N2O3. The highest BCUT2D eigenvalue weighted by molar-refractivity contribution is 5.78. The quantitative estimate of drug-likeness (QED) is 0.784. The number of carbonyl (C=O) groups excluding carboxylic acids is 1. The van der Waals surface area contributed by atoms with E-state index in [9.17, 15) is 22.8 Å². The van der Waals surface area contributed by atoms with Crippen LogP contribution < -0.4 is 5.32 Å². The summed E-state index contributed by atoms with van der Waals surface area (Å²) >= 11 is 0. The number of likely N-dealkylation sites (tertiary alicyclic amines) is 1. The maximum Gasteiger partial charge on any atom is 0.401 e. The molecule has 0 aromatic rings. The molecule has 0 bridgehead atoms. The lowest BCUT2D eigenvalue weighted by molar-refractivity contribution is -0.141. The van der Waals surface area contributed by atoms with Crippen molar-refractivity contribution in [2.24, 2.45) is 5.92 Å². The third kappa shape index (κ3) is 6.42. The molecule has 1 unspecified atom stereocenters. The molecule has 0 saturated carbocycles. The van der Waals surface area contributed by atoms with Crippen molar-refractivity contribution >= 4 is 11.9 Å². The van der Waals surface area contributed by atoms with Crippen LogP contribution in [0.25, 0.3) is 0 Å². The normalized spacial score (nSPS) is 20.4. The fourth-order valence-electron chi connectivity index (χ4n) is 2.13. The Morgan fingerprint density at radius 1 is 1.37 bits per heavy atom. The third-order valence-corrected chi connectivity index (χ3v) is 2.94. The van der Waals surface area contributed by atoms with Crippen molar-refractivity contribution in [1.82, 2.24) is 10.2 Å². The molecule has 0 aromatic carbocycles. The van der Waals surface area contributed by atoms with Crippen molar-refractivity contribution < 1.29 is 27.9 Å². The summed E-state index contributed by atoms with van der Waals surface area (Å²) in [4.78, 5) is 23.7. The third-order valence-electron chi connectivity index (χ3n) is 2.94. The lowest BCUT2D eigenvalue weighted by Gasteiger charge is -2.32. The number of hydrogen-bond donors (Lipinski definition) is 2. The van der Waals surface area contributed by atoms with E-state index in [2.05, 4.69) is 0 Å². The number of carbonyl (C=O) groups is 2. The summed E-state index contributed by atoms with van der Waals surface area (Å²) in [6.07, 6.45) is -2.94. The number of rotatable bonds is 5. The van der Waals surface area contributed by atoms with Gasteiger partial charge in [0.25, 0.3) is 0 Å². The van der Waals surface area contributed by atoms with Gasteiger partial charge in [-0.2, -0.15) is 13.2 Å². The minimum atomic E-state index is -4.34. The van der Waals surface area contributed by atoms with Gasteiger partial charge >= 0.3 is 12.1 Å². The molecule has 19 heavy (non-hydrogen) atoms. The van der Waals surface area contributed by atoms with E-state index in [1.807, 2.05) is 5.32 Å². The van der Waals surface area contributed by atoms with Gasteiger partial charge in [-0.3, -0.25) is 9.59 Å². The number of piperidine rings is 1. The average Bonchev–Trinajstić information content (AvgIpc) is 2.26. The molecule has 1 saturated heterocycles. The minimum absolute atomic E-state index is 0.0141. The van der Waals surface area contributed by atoms with Gasteiger partial charge in [-0.15, -0.1) is 0 Å². The first-order valence-electron chi connectivity index (χ1n) is 6.05. The highest BCUT2D eigenvalue weighted by atomic mass is 19.4. The smallest absolute Gasteiger partial charge is 0.401 e. The predicted octanol–water partition coefficient (Wildman–Crippen LogP) is 0.852. The molecule has 1 atom stereocenters. The molecular weight excluding hydrogens is 265 g/mol. The highest BCUT2D eigenvalue weighted by Crippen LogP contribution is 2.19. The summed E-state index contributed by atoms with van der Waals surface area (Å²) < 4.78 is 35.7. The van der Waals surface area contributed by atoms with Crippen molar-refractivity contribution in [2.75, 3.05) is 26.2 Å². The Labute approximate surface area is 108 Å². The monoisotopic (exact) mass is 282 g/mol. The zero-order chi connectivity index (χ0) is 14.5. The van der Waals surface area contributed by atoms with Gasteiger partial charge in [0.15, 0.2) is 0 Å². The van der Waals surface area contributed by atoms with E-state index in [4.69, 9.17) is 5.11 Å². The van der Waals surface area contributed by atoms with Crippen LogP contribution in [0.2, 0.25) is 0 Å². The molecule has 0 radical (unpaired) electrons. The van der Waals surface area contributed by atoms with Crippen molar-refractivity contribution in [3.8, 4) is 0 Å². The van der Waals surface area contributed by atoms with Crippen LogP contribution in [0.5, 0.6) is 0 Å². The van der Waals surface area contributed by atoms with E-state index in [-0.39, 0.29) is 18.9 Å². The van der Waals surface area contributed by atoms with Gasteiger partial charge in [0.05, 0.1) is 13.1 Å². The van der Waals surface area contributed by atoms with Gasteiger partial charge in [-0.25, -0.2) is 0 Å². The Balaban J connectivity index is 2.33. The lowest BCUT2D eigenvalue weighted by atomic mass is 9.95. The highest BCUT2D eigenvalue weighted by Gasteiger charge is 2.28. The first-order valence-corrected chi connectivity index (χ1v) is 6.05. The maximum atomic E-state index is 11.9. The number of nitrogens with one attached hydrogen (secondary N) is 1. The summed E-state index contributed by atoms with van der Waals surface area (Å²) in [5.74, 6) is -1.45. The van der Waals surface area contributed by atoms with E-state index < -0.39 is 24.6 Å². The van der Waals surface area contributed by atoms with Crippen LogP contribution >= 0.6 is 0 Å². The van der Waals surface area contributed by atoms with Gasteiger partial charge in [-0.1, -0.05) is 0 Å². The summed E-state index contributed by atoms with van der Waals surface area (Å²) in [5.41, 5.74) is 0. The van der Waals surface area contributed by atoms with Crippen LogP contribution in [-0.2, 0) is 9.59 Å². The molecule has 2 N–H and O–H groups in total. The number of carboxylic acids is 1. The number of carboxylic acid groups (broad SMARTS) is 1. The molecule has 0 aromatic heterocycles. The molecule has 5 nitrogen and oxygen atoms in total. The first kappa shape index (κ1) is 15.7. The fraction of sp³-hybridized carbons (Fsp3) is 0.818. The van der Waals surface area contributed by atoms with E-state index in [1.54, 1.807) is 0 Å². The summed E-state index contributed by atoms with van der Waals surface area (Å²) in [5, 5.41) is 10.7. The molecule has 1 fully saturated rings. The Morgan fingerprint density at radius 2 is 2.05 bits per heavy atom. The Morgan fingerprint density at radius 3 is 2.63 bits per heavy atom. The molecule has 1 amide bonds. The topological polar surface area (TPSA) is 69.6 Å². The van der Waals surface area contributed by atoms with Crippen molar-refractivity contribution in [3.63, 3.8) is 0 Å². The molecule has 1 heterocycles. The van der Waals surface area contributed by atoms with Crippen LogP contribution in [-0.4, -0.2) is 54.2 Å². The van der Waals surface area contributed by atoms with Crippen molar-refractivity contribution in [3.05, 3.63) is 0 Å². The van der Waals surface area contributed by atoms with E-state index >= 15 is 0 Å². The predicted molar refractivity (Wildman–Crippen MR) is 60.5 cm³/mol. The van der Waals surface area contributed by atoms with Gasteiger partial charge < -0.3 is 15.3 Å². The summed E-state index contributed by atoms with van der Waals surface area (Å²) in [7, 11) is 0. The van der Waals surface area contributed by atoms with E-state index in [0.717, 1.165) is 6.42 Å². The lowest BCUT2D eigenvalue weighted by Crippen LogP contribution is -2.45.